The molecule has 0 radical (unpaired) electrons. The Morgan fingerprint density at radius 2 is 2.07 bits per heavy atom. The smallest absolute Gasteiger partial charge is 0.269 e. The molecule has 1 aliphatic heterocycles. The topological polar surface area (TPSA) is 87.3 Å². The standard InChI is InChI=1S/C20H18ClN3O4S/c21-14-5-8-17-18(10-14)22-20(23(19(17)25)11-16-2-1-9-28-16)29-12-13-3-6-15(7-4-13)24(26)27/h3-8,10,16H,1-2,9,11-12H2. The lowest BCUT2D eigenvalue weighted by molar-refractivity contribution is -0.384. The van der Waals surface area contributed by atoms with Crippen LogP contribution in [-0.4, -0.2) is 27.2 Å². The van der Waals surface area contributed by atoms with Crippen LogP contribution in [0.15, 0.2) is 52.4 Å². The number of nitro groups is 1. The van der Waals surface area contributed by atoms with Gasteiger partial charge in [0.1, 0.15) is 0 Å². The molecular formula is C20H18ClN3O4S. The minimum atomic E-state index is -0.426. The number of aromatic nitrogens is 2. The Hall–Kier alpha value is -2.42. The van der Waals surface area contributed by atoms with Crippen LogP contribution in [0.2, 0.25) is 5.02 Å². The van der Waals surface area contributed by atoms with Gasteiger partial charge >= 0.3 is 0 Å². The first-order valence-corrected chi connectivity index (χ1v) is 10.6. The summed E-state index contributed by atoms with van der Waals surface area (Å²) in [6, 6.07) is 11.4. The Morgan fingerprint density at radius 3 is 2.76 bits per heavy atom. The first-order chi connectivity index (χ1) is 14.0. The van der Waals surface area contributed by atoms with Gasteiger partial charge in [-0.2, -0.15) is 0 Å². The summed E-state index contributed by atoms with van der Waals surface area (Å²) in [5.41, 5.74) is 1.39. The summed E-state index contributed by atoms with van der Waals surface area (Å²) >= 11 is 7.50. The molecule has 0 bridgehead atoms. The molecule has 29 heavy (non-hydrogen) atoms. The Morgan fingerprint density at radius 1 is 1.28 bits per heavy atom. The number of non-ortho nitro benzene ring substituents is 1. The van der Waals surface area contributed by atoms with Gasteiger partial charge in [0.05, 0.1) is 28.5 Å². The number of benzene rings is 2. The highest BCUT2D eigenvalue weighted by atomic mass is 35.5. The third kappa shape index (κ3) is 4.44. The van der Waals surface area contributed by atoms with Crippen LogP contribution in [0.5, 0.6) is 0 Å². The summed E-state index contributed by atoms with van der Waals surface area (Å²) in [5, 5.41) is 12.4. The molecular weight excluding hydrogens is 414 g/mol. The Labute approximate surface area is 175 Å². The number of ether oxygens (including phenoxy) is 1. The molecule has 1 aliphatic rings. The van der Waals surface area contributed by atoms with Crippen LogP contribution in [0.3, 0.4) is 0 Å². The van der Waals surface area contributed by atoms with E-state index in [1.54, 1.807) is 34.9 Å². The van der Waals surface area contributed by atoms with Crippen LogP contribution >= 0.6 is 23.4 Å². The molecule has 1 saturated heterocycles. The zero-order valence-electron chi connectivity index (χ0n) is 15.4. The molecule has 1 atom stereocenters. The molecule has 2 aromatic carbocycles. The van der Waals surface area contributed by atoms with Crippen LogP contribution in [0.4, 0.5) is 5.69 Å². The van der Waals surface area contributed by atoms with Gasteiger partial charge in [0, 0.05) is 29.5 Å². The van der Waals surface area contributed by atoms with Crippen LogP contribution in [0.1, 0.15) is 18.4 Å². The molecule has 150 valence electrons. The van der Waals surface area contributed by atoms with Crippen LogP contribution in [-0.2, 0) is 17.0 Å². The van der Waals surface area contributed by atoms with Crippen molar-refractivity contribution in [3.8, 4) is 0 Å². The van der Waals surface area contributed by atoms with E-state index >= 15 is 0 Å². The highest BCUT2D eigenvalue weighted by Gasteiger charge is 2.20. The van der Waals surface area contributed by atoms with Crippen molar-refractivity contribution >= 4 is 40.0 Å². The monoisotopic (exact) mass is 431 g/mol. The lowest BCUT2D eigenvalue weighted by Crippen LogP contribution is -2.28. The molecule has 1 unspecified atom stereocenters. The molecule has 2 heterocycles. The van der Waals surface area contributed by atoms with E-state index in [2.05, 4.69) is 4.98 Å². The number of rotatable bonds is 6. The third-order valence-corrected chi connectivity index (χ3v) is 6.09. The zero-order valence-corrected chi connectivity index (χ0v) is 17.0. The van der Waals surface area contributed by atoms with Gasteiger partial charge in [-0.3, -0.25) is 19.5 Å². The Balaban J connectivity index is 1.66. The van der Waals surface area contributed by atoms with E-state index in [1.807, 2.05) is 0 Å². The number of fused-ring (bicyclic) bond motifs is 1. The predicted molar refractivity (Wildman–Crippen MR) is 113 cm³/mol. The molecule has 1 fully saturated rings. The molecule has 3 aromatic rings. The maximum Gasteiger partial charge on any atom is 0.269 e. The lowest BCUT2D eigenvalue weighted by Gasteiger charge is -2.16. The van der Waals surface area contributed by atoms with Crippen molar-refractivity contribution in [2.24, 2.45) is 0 Å². The average molecular weight is 432 g/mol. The molecule has 1 aromatic heterocycles. The molecule has 0 N–H and O–H groups in total. The number of thioether (sulfide) groups is 1. The summed E-state index contributed by atoms with van der Waals surface area (Å²) in [7, 11) is 0. The maximum absolute atomic E-state index is 13.1. The van der Waals surface area contributed by atoms with Gasteiger partial charge in [-0.15, -0.1) is 0 Å². The van der Waals surface area contributed by atoms with E-state index in [0.717, 1.165) is 18.4 Å². The largest absolute Gasteiger partial charge is 0.376 e. The minimum absolute atomic E-state index is 0.00187. The lowest BCUT2D eigenvalue weighted by atomic mass is 10.2. The van der Waals surface area contributed by atoms with Crippen LogP contribution in [0, 0.1) is 10.1 Å². The second kappa shape index (κ2) is 8.52. The highest BCUT2D eigenvalue weighted by molar-refractivity contribution is 7.98. The van der Waals surface area contributed by atoms with Gasteiger partial charge < -0.3 is 4.74 Å². The number of hydrogen-bond donors (Lipinski definition) is 0. The van der Waals surface area contributed by atoms with Gasteiger partial charge in [-0.1, -0.05) is 35.5 Å². The van der Waals surface area contributed by atoms with Gasteiger partial charge in [-0.05, 0) is 36.6 Å². The first-order valence-electron chi connectivity index (χ1n) is 9.19. The van der Waals surface area contributed by atoms with E-state index in [-0.39, 0.29) is 17.4 Å². The second-order valence-corrected chi connectivity index (χ2v) is 8.20. The maximum atomic E-state index is 13.1. The number of halogens is 1. The van der Waals surface area contributed by atoms with Crippen molar-refractivity contribution in [1.82, 2.24) is 9.55 Å². The molecule has 0 saturated carbocycles. The minimum Gasteiger partial charge on any atom is -0.376 e. The molecule has 9 heteroatoms. The van der Waals surface area contributed by atoms with Crippen molar-refractivity contribution in [1.29, 1.82) is 0 Å². The van der Waals surface area contributed by atoms with E-state index in [0.29, 0.717) is 40.0 Å². The van der Waals surface area contributed by atoms with E-state index < -0.39 is 4.92 Å². The Kier molecular flexibility index (Phi) is 5.84. The molecule has 0 amide bonds. The van der Waals surface area contributed by atoms with Gasteiger partial charge in [0.15, 0.2) is 5.16 Å². The van der Waals surface area contributed by atoms with Crippen molar-refractivity contribution < 1.29 is 9.66 Å². The fourth-order valence-corrected chi connectivity index (χ4v) is 4.43. The fourth-order valence-electron chi connectivity index (χ4n) is 3.30. The number of nitrogens with zero attached hydrogens (tertiary/aromatic N) is 3. The van der Waals surface area contributed by atoms with Gasteiger partial charge in [0.25, 0.3) is 11.2 Å². The number of hydrogen-bond acceptors (Lipinski definition) is 6. The first kappa shape index (κ1) is 19.9. The number of nitro benzene ring substituents is 1. The summed E-state index contributed by atoms with van der Waals surface area (Å²) in [5.74, 6) is 0.530. The zero-order chi connectivity index (χ0) is 20.4. The summed E-state index contributed by atoms with van der Waals surface area (Å²) in [4.78, 5) is 28.2. The normalized spacial score (nSPS) is 16.4. The van der Waals surface area contributed by atoms with Crippen molar-refractivity contribution in [3.63, 3.8) is 0 Å². The second-order valence-electron chi connectivity index (χ2n) is 6.82. The summed E-state index contributed by atoms with van der Waals surface area (Å²) in [6.45, 7) is 1.16. The van der Waals surface area contributed by atoms with E-state index in [4.69, 9.17) is 16.3 Å². The average Bonchev–Trinajstić information content (AvgIpc) is 3.22. The molecule has 0 spiro atoms. The van der Waals surface area contributed by atoms with E-state index in [1.165, 1.54) is 23.9 Å². The summed E-state index contributed by atoms with van der Waals surface area (Å²) in [6.07, 6.45) is 1.90. The van der Waals surface area contributed by atoms with Crippen molar-refractivity contribution in [3.05, 3.63) is 73.5 Å². The highest BCUT2D eigenvalue weighted by Crippen LogP contribution is 2.26. The Bertz CT molecular complexity index is 1110. The van der Waals surface area contributed by atoms with Gasteiger partial charge in [-0.25, -0.2) is 4.98 Å². The quantitative estimate of drug-likeness (QED) is 0.248. The SMILES string of the molecule is O=c1c2ccc(Cl)cc2nc(SCc2ccc([N+](=O)[O-])cc2)n1CC1CCCO1. The fraction of sp³-hybridized carbons (Fsp3) is 0.300. The van der Waals surface area contributed by atoms with Crippen molar-refractivity contribution in [2.45, 2.75) is 36.4 Å². The van der Waals surface area contributed by atoms with Crippen LogP contribution in [0.25, 0.3) is 10.9 Å². The van der Waals surface area contributed by atoms with Gasteiger partial charge in [0.2, 0.25) is 0 Å². The molecule has 7 nitrogen and oxygen atoms in total. The van der Waals surface area contributed by atoms with Crippen LogP contribution < -0.4 is 5.56 Å². The molecule has 0 aliphatic carbocycles. The summed E-state index contributed by atoms with van der Waals surface area (Å²) < 4.78 is 7.38. The van der Waals surface area contributed by atoms with Crippen molar-refractivity contribution in [2.75, 3.05) is 6.61 Å². The predicted octanol–water partition coefficient (Wildman–Crippen LogP) is 4.43. The molecule has 4 rings (SSSR count). The van der Waals surface area contributed by atoms with E-state index in [9.17, 15) is 14.9 Å². The third-order valence-electron chi connectivity index (χ3n) is 4.81.